The van der Waals surface area contributed by atoms with Crippen LogP contribution in [0, 0.1) is 27.7 Å². The van der Waals surface area contributed by atoms with Gasteiger partial charge in [-0.15, -0.1) is 0 Å². The zero-order valence-corrected chi connectivity index (χ0v) is 17.5. The summed E-state index contributed by atoms with van der Waals surface area (Å²) in [5.41, 5.74) is 10.0. The number of carbonyl (C=O) groups excluding carboxylic acids is 1. The van der Waals surface area contributed by atoms with E-state index in [9.17, 15) is 4.79 Å². The van der Waals surface area contributed by atoms with Crippen LogP contribution in [0.4, 0.5) is 0 Å². The Hall–Kier alpha value is -2.66. The predicted molar refractivity (Wildman–Crippen MR) is 114 cm³/mol. The molecule has 1 aromatic heterocycles. The van der Waals surface area contributed by atoms with Crippen molar-refractivity contribution in [1.29, 1.82) is 0 Å². The van der Waals surface area contributed by atoms with Gasteiger partial charge in [0.25, 0.3) is 5.91 Å². The number of aromatic nitrogens is 1. The number of amides is 1. The van der Waals surface area contributed by atoms with Crippen molar-refractivity contribution in [3.63, 3.8) is 0 Å². The quantitative estimate of drug-likeness (QED) is 0.452. The highest BCUT2D eigenvalue weighted by atomic mass is 79.9. The molecule has 0 aliphatic carbocycles. The maximum atomic E-state index is 12.2. The molecule has 0 atom stereocenters. The molecule has 0 saturated carbocycles. The second-order valence-corrected chi connectivity index (χ2v) is 7.52. The lowest BCUT2D eigenvalue weighted by Crippen LogP contribution is -2.17. The van der Waals surface area contributed by atoms with Crippen LogP contribution < -0.4 is 5.43 Å². The summed E-state index contributed by atoms with van der Waals surface area (Å²) in [5.74, 6) is -0.234. The van der Waals surface area contributed by atoms with Crippen molar-refractivity contribution in [1.82, 2.24) is 9.99 Å². The summed E-state index contributed by atoms with van der Waals surface area (Å²) < 4.78 is 3.17. The van der Waals surface area contributed by atoms with Gasteiger partial charge in [-0.3, -0.25) is 4.79 Å². The second kappa shape index (κ2) is 7.92. The van der Waals surface area contributed by atoms with Gasteiger partial charge in [0.2, 0.25) is 0 Å². The molecule has 0 bridgehead atoms. The van der Waals surface area contributed by atoms with E-state index in [0.717, 1.165) is 21.4 Å². The number of para-hydroxylation sites is 1. The average molecular weight is 424 g/mol. The highest BCUT2D eigenvalue weighted by Crippen LogP contribution is 2.25. The summed E-state index contributed by atoms with van der Waals surface area (Å²) in [4.78, 5) is 12.2. The summed E-state index contributed by atoms with van der Waals surface area (Å²) >= 11 is 3.36. The molecule has 5 heteroatoms. The largest absolute Gasteiger partial charge is 0.317 e. The number of hydrogen-bond donors (Lipinski definition) is 1. The molecule has 0 radical (unpaired) electrons. The van der Waals surface area contributed by atoms with Gasteiger partial charge in [-0.25, -0.2) is 5.43 Å². The molecule has 0 unspecified atom stereocenters. The lowest BCUT2D eigenvalue weighted by molar-refractivity contribution is 0.0955. The number of benzene rings is 2. The van der Waals surface area contributed by atoms with Crippen molar-refractivity contribution in [3.05, 3.63) is 86.6 Å². The number of nitrogens with zero attached hydrogens (tertiary/aromatic N) is 2. The molecule has 27 heavy (non-hydrogen) atoms. The van der Waals surface area contributed by atoms with E-state index in [1.165, 1.54) is 16.8 Å². The normalized spacial score (nSPS) is 11.1. The zero-order chi connectivity index (χ0) is 19.6. The third kappa shape index (κ3) is 4.03. The van der Waals surface area contributed by atoms with Crippen LogP contribution in [0.25, 0.3) is 5.69 Å². The van der Waals surface area contributed by atoms with Crippen LogP contribution in [-0.4, -0.2) is 16.7 Å². The maximum Gasteiger partial charge on any atom is 0.271 e. The Labute approximate surface area is 168 Å². The molecule has 1 N–H and O–H groups in total. The summed E-state index contributed by atoms with van der Waals surface area (Å²) in [6.45, 7) is 8.38. The number of halogens is 1. The highest BCUT2D eigenvalue weighted by molar-refractivity contribution is 9.10. The van der Waals surface area contributed by atoms with Gasteiger partial charge in [0.15, 0.2) is 0 Å². The minimum absolute atomic E-state index is 0.234. The Morgan fingerprint density at radius 2 is 1.67 bits per heavy atom. The van der Waals surface area contributed by atoms with Gasteiger partial charge in [-0.2, -0.15) is 5.10 Å². The smallest absolute Gasteiger partial charge is 0.271 e. The number of nitrogens with one attached hydrogen (secondary N) is 1. The summed E-state index contributed by atoms with van der Waals surface area (Å²) in [6, 6.07) is 15.6. The second-order valence-electron chi connectivity index (χ2n) is 6.61. The van der Waals surface area contributed by atoms with Crippen LogP contribution in [0.15, 0.2) is 58.1 Å². The first-order chi connectivity index (χ1) is 12.9. The van der Waals surface area contributed by atoms with Gasteiger partial charge in [0.05, 0.1) is 11.9 Å². The first-order valence-corrected chi connectivity index (χ1v) is 9.52. The van der Waals surface area contributed by atoms with Crippen LogP contribution >= 0.6 is 15.9 Å². The van der Waals surface area contributed by atoms with Crippen molar-refractivity contribution in [3.8, 4) is 5.69 Å². The van der Waals surface area contributed by atoms with Gasteiger partial charge < -0.3 is 4.57 Å². The number of aryl methyl sites for hydroxylation is 3. The van der Waals surface area contributed by atoms with E-state index >= 15 is 0 Å². The number of hydrazone groups is 1. The zero-order valence-electron chi connectivity index (χ0n) is 15.9. The lowest BCUT2D eigenvalue weighted by atomic mass is 10.1. The Morgan fingerprint density at radius 3 is 2.30 bits per heavy atom. The Morgan fingerprint density at radius 1 is 1.04 bits per heavy atom. The number of carbonyl (C=O) groups is 1. The van der Waals surface area contributed by atoms with E-state index in [1.54, 1.807) is 18.3 Å². The van der Waals surface area contributed by atoms with Gasteiger partial charge in [-0.05, 0) is 69.2 Å². The van der Waals surface area contributed by atoms with Crippen molar-refractivity contribution in [2.24, 2.45) is 5.10 Å². The van der Waals surface area contributed by atoms with E-state index in [-0.39, 0.29) is 5.91 Å². The van der Waals surface area contributed by atoms with Crippen LogP contribution in [0.5, 0.6) is 0 Å². The maximum absolute atomic E-state index is 12.2. The SMILES string of the molecule is Cc1cccc(C)c1-n1c(C)cc(/C=N/NC(=O)c2ccc(Br)cc2)c1C. The molecule has 1 heterocycles. The molecule has 2 aromatic carbocycles. The van der Waals surface area contributed by atoms with Crippen molar-refractivity contribution >= 4 is 28.1 Å². The van der Waals surface area contributed by atoms with E-state index < -0.39 is 0 Å². The molecule has 0 fully saturated rings. The molecule has 3 rings (SSSR count). The third-order valence-electron chi connectivity index (χ3n) is 4.61. The fraction of sp³-hybridized carbons (Fsp3) is 0.182. The molecule has 1 amide bonds. The van der Waals surface area contributed by atoms with Crippen molar-refractivity contribution < 1.29 is 4.79 Å². The van der Waals surface area contributed by atoms with Gasteiger partial charge in [0.1, 0.15) is 0 Å². The van der Waals surface area contributed by atoms with Crippen LogP contribution in [0.1, 0.15) is 38.4 Å². The topological polar surface area (TPSA) is 46.4 Å². The van der Waals surface area contributed by atoms with Crippen molar-refractivity contribution in [2.45, 2.75) is 27.7 Å². The van der Waals surface area contributed by atoms with Crippen LogP contribution in [0.2, 0.25) is 0 Å². The lowest BCUT2D eigenvalue weighted by Gasteiger charge is -2.15. The molecule has 0 saturated heterocycles. The van der Waals surface area contributed by atoms with Gasteiger partial charge in [0, 0.05) is 27.0 Å². The molecule has 138 valence electrons. The summed E-state index contributed by atoms with van der Waals surface area (Å²) in [7, 11) is 0. The van der Waals surface area contributed by atoms with E-state index in [4.69, 9.17) is 0 Å². The van der Waals surface area contributed by atoms with E-state index in [2.05, 4.69) is 83.0 Å². The molecule has 0 aliphatic heterocycles. The summed E-state index contributed by atoms with van der Waals surface area (Å²) in [6.07, 6.45) is 1.70. The Kier molecular flexibility index (Phi) is 5.61. The van der Waals surface area contributed by atoms with E-state index in [0.29, 0.717) is 5.56 Å². The molecular formula is C22H22BrN3O. The number of hydrogen-bond acceptors (Lipinski definition) is 2. The summed E-state index contributed by atoms with van der Waals surface area (Å²) in [5, 5.41) is 4.14. The van der Waals surface area contributed by atoms with E-state index in [1.807, 2.05) is 12.1 Å². The first-order valence-electron chi connectivity index (χ1n) is 8.73. The third-order valence-corrected chi connectivity index (χ3v) is 5.14. The van der Waals surface area contributed by atoms with Crippen LogP contribution in [0.3, 0.4) is 0 Å². The molecule has 0 spiro atoms. The highest BCUT2D eigenvalue weighted by Gasteiger charge is 2.13. The average Bonchev–Trinajstić information content (AvgIpc) is 2.90. The van der Waals surface area contributed by atoms with Crippen molar-refractivity contribution in [2.75, 3.05) is 0 Å². The minimum Gasteiger partial charge on any atom is -0.317 e. The first kappa shape index (κ1) is 19.1. The molecule has 4 nitrogen and oxygen atoms in total. The Bertz CT molecular complexity index is 997. The number of rotatable bonds is 4. The van der Waals surface area contributed by atoms with Gasteiger partial charge >= 0.3 is 0 Å². The minimum atomic E-state index is -0.234. The van der Waals surface area contributed by atoms with Crippen LogP contribution in [-0.2, 0) is 0 Å². The standard InChI is InChI=1S/C22H22BrN3O/c1-14-6-5-7-15(2)21(14)26-16(3)12-19(17(26)4)13-24-25-22(27)18-8-10-20(23)11-9-18/h5-13H,1-4H3,(H,25,27)/b24-13+. The molecular weight excluding hydrogens is 402 g/mol. The molecule has 0 aliphatic rings. The fourth-order valence-corrected chi connectivity index (χ4v) is 3.51. The molecule has 3 aromatic rings. The van der Waals surface area contributed by atoms with Gasteiger partial charge in [-0.1, -0.05) is 34.1 Å². The monoisotopic (exact) mass is 423 g/mol. The predicted octanol–water partition coefficient (Wildman–Crippen LogP) is 5.24. The Balaban J connectivity index is 1.83. The fourth-order valence-electron chi connectivity index (χ4n) is 3.25.